The molecule has 0 spiro atoms. The van der Waals surface area contributed by atoms with Crippen LogP contribution in [-0.2, 0) is 4.79 Å². The predicted molar refractivity (Wildman–Crippen MR) is 70.1 cm³/mol. The maximum atomic E-state index is 12.4. The van der Waals surface area contributed by atoms with Crippen molar-refractivity contribution in [1.29, 1.82) is 0 Å². The Labute approximate surface area is 107 Å². The van der Waals surface area contributed by atoms with Crippen molar-refractivity contribution in [3.63, 3.8) is 0 Å². The van der Waals surface area contributed by atoms with Crippen LogP contribution in [0, 0.1) is 5.92 Å². The van der Waals surface area contributed by atoms with Crippen LogP contribution in [0.4, 0.5) is 0 Å². The summed E-state index contributed by atoms with van der Waals surface area (Å²) in [6, 6.07) is 0.421. The Morgan fingerprint density at radius 1 is 1.38 bits per heavy atom. The molecule has 2 unspecified atom stereocenters. The average Bonchev–Trinajstić information content (AvgIpc) is 2.83. The number of nitrogens with zero attached hydrogens (tertiary/aromatic N) is 1. The molecule has 2 rings (SSSR count). The molecule has 0 aliphatic carbocycles. The predicted octanol–water partition coefficient (Wildman–Crippen LogP) is 2.75. The van der Waals surface area contributed by atoms with Gasteiger partial charge in [0, 0.05) is 30.1 Å². The van der Waals surface area contributed by atoms with Crippen molar-refractivity contribution >= 4 is 29.3 Å². The van der Waals surface area contributed by atoms with Gasteiger partial charge in [0.2, 0.25) is 5.91 Å². The Balaban J connectivity index is 1.95. The summed E-state index contributed by atoms with van der Waals surface area (Å²) in [6.45, 7) is 0.960. The van der Waals surface area contributed by atoms with E-state index >= 15 is 0 Å². The van der Waals surface area contributed by atoms with Gasteiger partial charge in [0.1, 0.15) is 0 Å². The Bertz CT molecular complexity index is 241. The molecule has 0 bridgehead atoms. The summed E-state index contributed by atoms with van der Waals surface area (Å²) < 4.78 is 0. The lowest BCUT2D eigenvalue weighted by Gasteiger charge is -2.37. The first-order chi connectivity index (χ1) is 7.83. The fourth-order valence-electron chi connectivity index (χ4n) is 2.68. The number of carbonyl (C=O) groups is 1. The highest BCUT2D eigenvalue weighted by atomic mass is 35.5. The van der Waals surface area contributed by atoms with E-state index < -0.39 is 0 Å². The lowest BCUT2D eigenvalue weighted by Crippen LogP contribution is -2.46. The van der Waals surface area contributed by atoms with Crippen LogP contribution >= 0.6 is 23.4 Å². The summed E-state index contributed by atoms with van der Waals surface area (Å²) in [5.74, 6) is 3.56. The normalized spacial score (nSPS) is 30.7. The zero-order valence-corrected chi connectivity index (χ0v) is 11.2. The summed E-state index contributed by atoms with van der Waals surface area (Å²) in [5, 5.41) is 0. The van der Waals surface area contributed by atoms with Crippen LogP contribution in [-0.4, -0.2) is 40.8 Å². The third kappa shape index (κ3) is 2.86. The monoisotopic (exact) mass is 261 g/mol. The van der Waals surface area contributed by atoms with Crippen molar-refractivity contribution in [3.8, 4) is 0 Å². The second kappa shape index (κ2) is 6.15. The van der Waals surface area contributed by atoms with Crippen molar-refractivity contribution in [3.05, 3.63) is 0 Å². The summed E-state index contributed by atoms with van der Waals surface area (Å²) in [6.07, 6.45) is 5.62. The van der Waals surface area contributed by atoms with Crippen molar-refractivity contribution in [1.82, 2.24) is 4.90 Å². The lowest BCUT2D eigenvalue weighted by molar-refractivity contribution is -0.138. The fourth-order valence-corrected chi connectivity index (χ4v) is 4.14. The molecule has 0 saturated carbocycles. The molecule has 0 radical (unpaired) electrons. The first-order valence-electron chi connectivity index (χ1n) is 6.27. The third-order valence-corrected chi connectivity index (χ3v) is 5.01. The second-order valence-electron chi connectivity index (χ2n) is 4.72. The number of alkyl halides is 1. The highest BCUT2D eigenvalue weighted by molar-refractivity contribution is 7.99. The zero-order chi connectivity index (χ0) is 11.4. The van der Waals surface area contributed by atoms with Crippen LogP contribution in [0.5, 0.6) is 0 Å². The van der Waals surface area contributed by atoms with E-state index in [0.717, 1.165) is 37.3 Å². The van der Waals surface area contributed by atoms with Crippen LogP contribution in [0.2, 0.25) is 0 Å². The van der Waals surface area contributed by atoms with Crippen LogP contribution < -0.4 is 0 Å². The number of amides is 1. The summed E-state index contributed by atoms with van der Waals surface area (Å²) in [7, 11) is 0. The summed E-state index contributed by atoms with van der Waals surface area (Å²) in [5.41, 5.74) is 0. The van der Waals surface area contributed by atoms with Crippen molar-refractivity contribution in [2.75, 3.05) is 23.9 Å². The topological polar surface area (TPSA) is 20.3 Å². The number of likely N-dealkylation sites (tertiary alicyclic amines) is 1. The molecule has 4 heteroatoms. The first kappa shape index (κ1) is 12.6. The van der Waals surface area contributed by atoms with E-state index in [1.54, 1.807) is 0 Å². The number of hydrogen-bond donors (Lipinski definition) is 0. The molecule has 2 nitrogen and oxygen atoms in total. The molecule has 0 N–H and O–H groups in total. The zero-order valence-electron chi connectivity index (χ0n) is 9.66. The van der Waals surface area contributed by atoms with Crippen molar-refractivity contribution in [2.24, 2.45) is 5.92 Å². The quantitative estimate of drug-likeness (QED) is 0.728. The van der Waals surface area contributed by atoms with Gasteiger partial charge in [0.25, 0.3) is 0 Å². The molecule has 2 atom stereocenters. The molecule has 2 heterocycles. The molecule has 2 aliphatic heterocycles. The number of halogens is 1. The summed E-state index contributed by atoms with van der Waals surface area (Å²) >= 11 is 7.74. The van der Waals surface area contributed by atoms with Gasteiger partial charge in [0.05, 0.1) is 0 Å². The molecule has 2 saturated heterocycles. The fraction of sp³-hybridized carbons (Fsp3) is 0.917. The van der Waals surface area contributed by atoms with E-state index in [1.807, 2.05) is 11.8 Å². The van der Waals surface area contributed by atoms with Crippen molar-refractivity contribution < 1.29 is 4.79 Å². The molecular weight excluding hydrogens is 242 g/mol. The highest BCUT2D eigenvalue weighted by Gasteiger charge is 2.32. The van der Waals surface area contributed by atoms with E-state index in [0.29, 0.717) is 23.7 Å². The van der Waals surface area contributed by atoms with Gasteiger partial charge in [-0.25, -0.2) is 0 Å². The van der Waals surface area contributed by atoms with Gasteiger partial charge in [-0.2, -0.15) is 11.8 Å². The summed E-state index contributed by atoms with van der Waals surface area (Å²) in [4.78, 5) is 14.5. The van der Waals surface area contributed by atoms with Gasteiger partial charge in [-0.05, 0) is 37.9 Å². The van der Waals surface area contributed by atoms with Crippen LogP contribution in [0.3, 0.4) is 0 Å². The SMILES string of the molecule is O=C(C1CCSC1)N1CCCCC1CCCl. The Morgan fingerprint density at radius 3 is 2.94 bits per heavy atom. The van der Waals surface area contributed by atoms with Crippen LogP contribution in [0.25, 0.3) is 0 Å². The maximum absolute atomic E-state index is 12.4. The lowest BCUT2D eigenvalue weighted by atomic mass is 9.97. The molecule has 2 fully saturated rings. The molecule has 0 aromatic rings. The van der Waals surface area contributed by atoms with E-state index in [2.05, 4.69) is 4.90 Å². The second-order valence-corrected chi connectivity index (χ2v) is 6.25. The molecule has 0 aromatic carbocycles. The van der Waals surface area contributed by atoms with Gasteiger partial charge in [-0.3, -0.25) is 4.79 Å². The molecule has 92 valence electrons. The van der Waals surface area contributed by atoms with Crippen LogP contribution in [0.15, 0.2) is 0 Å². The number of piperidine rings is 1. The Morgan fingerprint density at radius 2 is 2.25 bits per heavy atom. The molecular formula is C12H20ClNOS. The Kier molecular flexibility index (Phi) is 4.83. The maximum Gasteiger partial charge on any atom is 0.226 e. The molecule has 2 aliphatic rings. The first-order valence-corrected chi connectivity index (χ1v) is 7.96. The molecule has 16 heavy (non-hydrogen) atoms. The van der Waals surface area contributed by atoms with E-state index in [9.17, 15) is 4.79 Å². The number of carbonyl (C=O) groups excluding carboxylic acids is 1. The van der Waals surface area contributed by atoms with Gasteiger partial charge < -0.3 is 4.90 Å². The van der Waals surface area contributed by atoms with Gasteiger partial charge in [0.15, 0.2) is 0 Å². The van der Waals surface area contributed by atoms with E-state index in [-0.39, 0.29) is 0 Å². The minimum atomic E-state index is 0.293. The average molecular weight is 262 g/mol. The highest BCUT2D eigenvalue weighted by Crippen LogP contribution is 2.29. The van der Waals surface area contributed by atoms with Gasteiger partial charge in [-0.15, -0.1) is 11.6 Å². The van der Waals surface area contributed by atoms with Crippen molar-refractivity contribution in [2.45, 2.75) is 38.1 Å². The molecule has 0 aromatic heterocycles. The van der Waals surface area contributed by atoms with Gasteiger partial charge in [-0.1, -0.05) is 0 Å². The smallest absolute Gasteiger partial charge is 0.226 e. The largest absolute Gasteiger partial charge is 0.339 e. The Hall–Kier alpha value is 0.110. The van der Waals surface area contributed by atoms with E-state index in [1.165, 1.54) is 12.8 Å². The third-order valence-electron chi connectivity index (χ3n) is 3.63. The number of thioether (sulfide) groups is 1. The molecule has 1 amide bonds. The van der Waals surface area contributed by atoms with E-state index in [4.69, 9.17) is 11.6 Å². The van der Waals surface area contributed by atoms with Crippen LogP contribution in [0.1, 0.15) is 32.1 Å². The number of rotatable bonds is 3. The number of hydrogen-bond acceptors (Lipinski definition) is 2. The standard InChI is InChI=1S/C12H20ClNOS/c13-6-4-11-3-1-2-7-14(11)12(15)10-5-8-16-9-10/h10-11H,1-9H2. The minimum Gasteiger partial charge on any atom is -0.339 e. The minimum absolute atomic E-state index is 0.293. The van der Waals surface area contributed by atoms with Gasteiger partial charge >= 0.3 is 0 Å².